The highest BCUT2D eigenvalue weighted by Crippen LogP contribution is 2.49. The summed E-state index contributed by atoms with van der Waals surface area (Å²) in [5.41, 5.74) is 1.62. The second kappa shape index (κ2) is 3.30. The van der Waals surface area contributed by atoms with Gasteiger partial charge >= 0.3 is 0 Å². The normalized spacial score (nSPS) is 35.5. The van der Waals surface area contributed by atoms with Crippen molar-refractivity contribution in [2.75, 3.05) is 0 Å². The van der Waals surface area contributed by atoms with Gasteiger partial charge < -0.3 is 4.74 Å². The first kappa shape index (κ1) is 9.01. The molecule has 2 atom stereocenters. The number of allylic oxidation sites excluding steroid dienone is 2. The zero-order chi connectivity index (χ0) is 9.31. The van der Waals surface area contributed by atoms with Gasteiger partial charge in [-0.3, -0.25) is 0 Å². The van der Waals surface area contributed by atoms with Crippen molar-refractivity contribution in [1.82, 2.24) is 0 Å². The predicted molar refractivity (Wildman–Crippen MR) is 54.6 cm³/mol. The lowest BCUT2D eigenvalue weighted by molar-refractivity contribution is 0.324. The standard InChI is InChI=1S/C12H18O/c1-3-6-10-7-5-9-12(8-4-2)11(10)13-12/h5,7,9,11H,3-4,6,8H2,1-2H3. The first-order valence-corrected chi connectivity index (χ1v) is 5.38. The highest BCUT2D eigenvalue weighted by molar-refractivity contribution is 5.37. The molecule has 1 nitrogen and oxygen atoms in total. The highest BCUT2D eigenvalue weighted by atomic mass is 16.6. The van der Waals surface area contributed by atoms with Crippen LogP contribution in [0.1, 0.15) is 39.5 Å². The second-order valence-electron chi connectivity index (χ2n) is 4.05. The molecule has 2 unspecified atom stereocenters. The SMILES string of the molecule is CCCC1=CC=CC2(CCC)OC12. The van der Waals surface area contributed by atoms with Crippen molar-refractivity contribution < 1.29 is 4.74 Å². The number of fused-ring (bicyclic) bond motifs is 1. The maximum absolute atomic E-state index is 5.82. The van der Waals surface area contributed by atoms with Gasteiger partial charge in [-0.2, -0.15) is 0 Å². The maximum atomic E-state index is 5.82. The summed E-state index contributed by atoms with van der Waals surface area (Å²) in [6.45, 7) is 4.45. The molecule has 1 fully saturated rings. The molecular weight excluding hydrogens is 160 g/mol. The summed E-state index contributed by atoms with van der Waals surface area (Å²) in [7, 11) is 0. The quantitative estimate of drug-likeness (QED) is 0.602. The summed E-state index contributed by atoms with van der Waals surface area (Å²) >= 11 is 0. The molecule has 0 aromatic heterocycles. The molecule has 0 saturated carbocycles. The Morgan fingerprint density at radius 3 is 2.92 bits per heavy atom. The van der Waals surface area contributed by atoms with Crippen molar-refractivity contribution >= 4 is 0 Å². The fourth-order valence-corrected chi connectivity index (χ4v) is 2.29. The zero-order valence-corrected chi connectivity index (χ0v) is 8.55. The minimum absolute atomic E-state index is 0.119. The number of epoxide rings is 1. The highest BCUT2D eigenvalue weighted by Gasteiger charge is 2.55. The van der Waals surface area contributed by atoms with Crippen LogP contribution in [-0.2, 0) is 4.74 Å². The van der Waals surface area contributed by atoms with Gasteiger partial charge in [-0.15, -0.1) is 0 Å². The van der Waals surface area contributed by atoms with Crippen molar-refractivity contribution in [2.45, 2.75) is 51.2 Å². The average molecular weight is 178 g/mol. The van der Waals surface area contributed by atoms with Gasteiger partial charge in [-0.05, 0) is 24.5 Å². The van der Waals surface area contributed by atoms with Crippen molar-refractivity contribution in [3.05, 3.63) is 23.8 Å². The van der Waals surface area contributed by atoms with E-state index in [2.05, 4.69) is 32.1 Å². The van der Waals surface area contributed by atoms with Crippen LogP contribution in [0, 0.1) is 0 Å². The number of hydrogen-bond donors (Lipinski definition) is 0. The van der Waals surface area contributed by atoms with E-state index in [1.807, 2.05) is 0 Å². The Morgan fingerprint density at radius 2 is 2.23 bits per heavy atom. The van der Waals surface area contributed by atoms with Crippen LogP contribution >= 0.6 is 0 Å². The molecule has 2 rings (SSSR count). The van der Waals surface area contributed by atoms with Gasteiger partial charge in [-0.25, -0.2) is 0 Å². The molecule has 2 aliphatic rings. The lowest BCUT2D eigenvalue weighted by atomic mass is 9.89. The Hall–Kier alpha value is -0.560. The molecule has 1 saturated heterocycles. The summed E-state index contributed by atoms with van der Waals surface area (Å²) in [6.07, 6.45) is 11.9. The Morgan fingerprint density at radius 1 is 1.38 bits per heavy atom. The molecule has 0 spiro atoms. The molecule has 1 aliphatic carbocycles. The van der Waals surface area contributed by atoms with Crippen molar-refractivity contribution in [2.24, 2.45) is 0 Å². The predicted octanol–water partition coefficient (Wildman–Crippen LogP) is 3.22. The summed E-state index contributed by atoms with van der Waals surface area (Å²) in [4.78, 5) is 0. The van der Waals surface area contributed by atoms with E-state index in [1.54, 1.807) is 0 Å². The van der Waals surface area contributed by atoms with Crippen LogP contribution in [0.25, 0.3) is 0 Å². The molecule has 1 aliphatic heterocycles. The summed E-state index contributed by atoms with van der Waals surface area (Å²) < 4.78 is 5.82. The topological polar surface area (TPSA) is 12.5 Å². The van der Waals surface area contributed by atoms with Crippen LogP contribution in [-0.4, -0.2) is 11.7 Å². The Kier molecular flexibility index (Phi) is 2.29. The van der Waals surface area contributed by atoms with Crippen LogP contribution in [0.4, 0.5) is 0 Å². The van der Waals surface area contributed by atoms with E-state index < -0.39 is 0 Å². The van der Waals surface area contributed by atoms with E-state index in [4.69, 9.17) is 4.74 Å². The van der Waals surface area contributed by atoms with Gasteiger partial charge in [-0.1, -0.05) is 38.8 Å². The van der Waals surface area contributed by atoms with Crippen molar-refractivity contribution in [3.63, 3.8) is 0 Å². The number of hydrogen-bond acceptors (Lipinski definition) is 1. The van der Waals surface area contributed by atoms with Gasteiger partial charge in [0.05, 0.1) is 0 Å². The zero-order valence-electron chi connectivity index (χ0n) is 8.55. The summed E-state index contributed by atoms with van der Waals surface area (Å²) in [6, 6.07) is 0. The molecular formula is C12H18O. The molecule has 0 radical (unpaired) electrons. The summed E-state index contributed by atoms with van der Waals surface area (Å²) in [5.74, 6) is 0. The van der Waals surface area contributed by atoms with Crippen LogP contribution in [0.3, 0.4) is 0 Å². The molecule has 1 heteroatoms. The van der Waals surface area contributed by atoms with Gasteiger partial charge in [0.2, 0.25) is 0 Å². The van der Waals surface area contributed by atoms with Crippen LogP contribution in [0.2, 0.25) is 0 Å². The molecule has 1 heterocycles. The lowest BCUT2D eigenvalue weighted by Gasteiger charge is -2.11. The Bertz CT molecular complexity index is 252. The van der Waals surface area contributed by atoms with Crippen LogP contribution < -0.4 is 0 Å². The van der Waals surface area contributed by atoms with E-state index in [0.717, 1.165) is 0 Å². The van der Waals surface area contributed by atoms with Crippen LogP contribution in [0.15, 0.2) is 23.8 Å². The van der Waals surface area contributed by atoms with Gasteiger partial charge in [0.25, 0.3) is 0 Å². The Labute approximate surface area is 80.5 Å². The van der Waals surface area contributed by atoms with Gasteiger partial charge in [0.1, 0.15) is 11.7 Å². The van der Waals surface area contributed by atoms with E-state index in [9.17, 15) is 0 Å². The Balaban J connectivity index is 2.04. The first-order valence-electron chi connectivity index (χ1n) is 5.38. The second-order valence-corrected chi connectivity index (χ2v) is 4.05. The van der Waals surface area contributed by atoms with Gasteiger partial charge in [0, 0.05) is 0 Å². The third kappa shape index (κ3) is 1.46. The molecule has 0 bridgehead atoms. The first-order chi connectivity index (χ1) is 6.32. The number of ether oxygens (including phenoxy) is 1. The largest absolute Gasteiger partial charge is 0.357 e. The van der Waals surface area contributed by atoms with E-state index in [1.165, 1.54) is 31.3 Å². The third-order valence-electron chi connectivity index (χ3n) is 2.93. The monoisotopic (exact) mass is 178 g/mol. The molecule has 13 heavy (non-hydrogen) atoms. The minimum Gasteiger partial charge on any atom is -0.357 e. The molecule has 0 aromatic carbocycles. The van der Waals surface area contributed by atoms with Gasteiger partial charge in [0.15, 0.2) is 0 Å². The average Bonchev–Trinajstić information content (AvgIpc) is 2.81. The fourth-order valence-electron chi connectivity index (χ4n) is 2.29. The van der Waals surface area contributed by atoms with E-state index in [-0.39, 0.29) is 5.60 Å². The fraction of sp³-hybridized carbons (Fsp3) is 0.667. The van der Waals surface area contributed by atoms with E-state index in [0.29, 0.717) is 6.10 Å². The third-order valence-corrected chi connectivity index (χ3v) is 2.93. The minimum atomic E-state index is 0.119. The summed E-state index contributed by atoms with van der Waals surface area (Å²) in [5, 5.41) is 0. The molecule has 0 N–H and O–H groups in total. The maximum Gasteiger partial charge on any atom is 0.117 e. The molecule has 72 valence electrons. The lowest BCUT2D eigenvalue weighted by Crippen LogP contribution is -2.15. The van der Waals surface area contributed by atoms with E-state index >= 15 is 0 Å². The smallest absolute Gasteiger partial charge is 0.117 e. The molecule has 0 aromatic rings. The van der Waals surface area contributed by atoms with Crippen LogP contribution in [0.5, 0.6) is 0 Å². The van der Waals surface area contributed by atoms with Crippen molar-refractivity contribution in [3.8, 4) is 0 Å². The molecule has 0 amide bonds. The number of rotatable bonds is 4. The van der Waals surface area contributed by atoms with Crippen molar-refractivity contribution in [1.29, 1.82) is 0 Å².